The summed E-state index contributed by atoms with van der Waals surface area (Å²) in [6, 6.07) is 94.8. The summed E-state index contributed by atoms with van der Waals surface area (Å²) in [4.78, 5) is 2.48. The lowest BCUT2D eigenvalue weighted by atomic mass is 9.70. The normalized spacial score (nSPS) is 13.0. The van der Waals surface area contributed by atoms with Crippen LogP contribution in [0.15, 0.2) is 255 Å². The number of hydrogen-bond acceptors (Lipinski definition) is 1. The summed E-state index contributed by atoms with van der Waals surface area (Å²) in [6.07, 6.45) is 0. The third-order valence-corrected chi connectivity index (χ3v) is 15.3. The standard InChI is InChI=1S/C67H42N2/c1-2-16-43(17-3-1)44-32-35-48(36-33-44)68(49-37-38-54-53-23-6-11-29-61(53)67(62(54)42-49)59-27-9-4-21-51(59)52-22-5-10-28-60(52)67)63-30-12-7-20-50(63)47-19-14-18-45(40-47)46-34-39-65-58(41-46)57-26-15-25-56-55-24-8-13-31-64(55)69(65)66(56)57/h1-42H. The summed E-state index contributed by atoms with van der Waals surface area (Å²) in [5.41, 5.74) is 24.3. The van der Waals surface area contributed by atoms with Gasteiger partial charge in [-0.25, -0.2) is 0 Å². The van der Waals surface area contributed by atoms with Gasteiger partial charge in [0.2, 0.25) is 0 Å². The van der Waals surface area contributed by atoms with Gasteiger partial charge in [0, 0.05) is 38.5 Å². The first kappa shape index (κ1) is 38.2. The van der Waals surface area contributed by atoms with E-state index in [-0.39, 0.29) is 0 Å². The molecule has 2 heteroatoms. The van der Waals surface area contributed by atoms with E-state index in [9.17, 15) is 0 Å². The molecule has 2 aliphatic carbocycles. The average molecular weight is 875 g/mol. The minimum absolute atomic E-state index is 0.456. The number of aromatic nitrogens is 1. The van der Waals surface area contributed by atoms with Gasteiger partial charge >= 0.3 is 0 Å². The zero-order valence-corrected chi connectivity index (χ0v) is 37.6. The lowest BCUT2D eigenvalue weighted by Gasteiger charge is -2.32. The van der Waals surface area contributed by atoms with Gasteiger partial charge in [-0.15, -0.1) is 0 Å². The molecule has 2 nitrogen and oxygen atoms in total. The van der Waals surface area contributed by atoms with Crippen LogP contribution < -0.4 is 4.90 Å². The number of hydrogen-bond donors (Lipinski definition) is 0. The second kappa shape index (κ2) is 14.5. The van der Waals surface area contributed by atoms with Crippen LogP contribution in [-0.4, -0.2) is 4.40 Å². The Bertz CT molecular complexity index is 4130. The second-order valence-electron chi connectivity index (χ2n) is 18.7. The topological polar surface area (TPSA) is 7.65 Å². The Morgan fingerprint density at radius 3 is 1.51 bits per heavy atom. The molecule has 2 heterocycles. The van der Waals surface area contributed by atoms with Crippen LogP contribution in [-0.2, 0) is 5.41 Å². The summed E-state index contributed by atoms with van der Waals surface area (Å²) < 4.78 is 2.45. The summed E-state index contributed by atoms with van der Waals surface area (Å²) in [5.74, 6) is 0. The molecule has 0 saturated heterocycles. The zero-order valence-electron chi connectivity index (χ0n) is 37.6. The van der Waals surface area contributed by atoms with Crippen molar-refractivity contribution < 1.29 is 0 Å². The van der Waals surface area contributed by atoms with Crippen LogP contribution in [0.25, 0.3) is 93.7 Å². The number of anilines is 3. The summed E-state index contributed by atoms with van der Waals surface area (Å²) >= 11 is 0. The Labute approximate surface area is 400 Å². The Kier molecular flexibility index (Phi) is 8.02. The van der Waals surface area contributed by atoms with E-state index in [0.29, 0.717) is 0 Å². The van der Waals surface area contributed by atoms with Crippen LogP contribution in [0.1, 0.15) is 22.3 Å². The SMILES string of the molecule is c1ccc(-c2ccc(N(c3ccc4c(c3)C3(c5ccccc5-c5ccccc53)c3ccccc3-4)c3ccccc3-c3cccc(-c4ccc5c(c4)c4cccc6c7ccccc7n5c64)c3)cc2)cc1. The van der Waals surface area contributed by atoms with Crippen molar-refractivity contribution in [3.05, 3.63) is 277 Å². The highest BCUT2D eigenvalue weighted by molar-refractivity contribution is 6.23. The molecule has 0 atom stereocenters. The molecule has 2 aromatic heterocycles. The molecule has 0 unspecified atom stereocenters. The fraction of sp³-hybridized carbons (Fsp3) is 0.0149. The first-order chi connectivity index (χ1) is 34.2. The Balaban J connectivity index is 0.915. The average Bonchev–Trinajstić information content (AvgIpc) is 4.13. The molecule has 0 saturated carbocycles. The molecule has 320 valence electrons. The van der Waals surface area contributed by atoms with Crippen molar-refractivity contribution in [3.63, 3.8) is 0 Å². The maximum atomic E-state index is 2.50. The maximum Gasteiger partial charge on any atom is 0.0726 e. The molecule has 11 aromatic carbocycles. The van der Waals surface area contributed by atoms with E-state index >= 15 is 0 Å². The van der Waals surface area contributed by atoms with Gasteiger partial charge in [0.25, 0.3) is 0 Å². The highest BCUT2D eigenvalue weighted by Crippen LogP contribution is 2.63. The lowest BCUT2D eigenvalue weighted by Crippen LogP contribution is -2.26. The molecule has 1 spiro atoms. The summed E-state index contributed by atoms with van der Waals surface area (Å²) in [7, 11) is 0. The van der Waals surface area contributed by atoms with Gasteiger partial charge in [-0.05, 0) is 127 Å². The highest BCUT2D eigenvalue weighted by atomic mass is 15.1. The molecular formula is C67H42N2. The van der Waals surface area contributed by atoms with E-state index in [2.05, 4.69) is 264 Å². The van der Waals surface area contributed by atoms with E-state index < -0.39 is 5.41 Å². The van der Waals surface area contributed by atoms with Crippen LogP contribution in [0.4, 0.5) is 17.1 Å². The van der Waals surface area contributed by atoms with Crippen LogP contribution in [0.5, 0.6) is 0 Å². The summed E-state index contributed by atoms with van der Waals surface area (Å²) in [5, 5.41) is 5.17. The fourth-order valence-corrected chi connectivity index (χ4v) is 12.5. The fourth-order valence-electron chi connectivity index (χ4n) is 12.5. The van der Waals surface area contributed by atoms with Crippen molar-refractivity contribution in [3.8, 4) is 55.6 Å². The predicted octanol–water partition coefficient (Wildman–Crippen LogP) is 17.7. The minimum Gasteiger partial charge on any atom is -0.310 e. The number of nitrogens with zero attached hydrogens (tertiary/aromatic N) is 2. The van der Waals surface area contributed by atoms with Crippen molar-refractivity contribution in [1.82, 2.24) is 4.40 Å². The third kappa shape index (κ3) is 5.31. The van der Waals surface area contributed by atoms with Crippen LogP contribution in [0.3, 0.4) is 0 Å². The number of fused-ring (bicyclic) bond motifs is 16. The largest absolute Gasteiger partial charge is 0.310 e. The van der Waals surface area contributed by atoms with E-state index in [0.717, 1.165) is 28.2 Å². The van der Waals surface area contributed by atoms with Gasteiger partial charge in [-0.3, -0.25) is 0 Å². The van der Waals surface area contributed by atoms with Crippen molar-refractivity contribution in [2.75, 3.05) is 4.90 Å². The van der Waals surface area contributed by atoms with E-state index in [4.69, 9.17) is 0 Å². The molecule has 0 aliphatic heterocycles. The van der Waals surface area contributed by atoms with Gasteiger partial charge < -0.3 is 9.30 Å². The molecule has 15 rings (SSSR count). The van der Waals surface area contributed by atoms with E-state index in [1.807, 2.05) is 0 Å². The predicted molar refractivity (Wildman–Crippen MR) is 288 cm³/mol. The van der Waals surface area contributed by atoms with Crippen LogP contribution >= 0.6 is 0 Å². The molecule has 0 N–H and O–H groups in total. The third-order valence-electron chi connectivity index (χ3n) is 15.3. The second-order valence-corrected chi connectivity index (χ2v) is 18.7. The number of benzene rings is 11. The van der Waals surface area contributed by atoms with Crippen molar-refractivity contribution >= 4 is 55.2 Å². The van der Waals surface area contributed by atoms with Gasteiger partial charge in [0.15, 0.2) is 0 Å². The Hall–Kier alpha value is -8.98. The number of para-hydroxylation sites is 3. The maximum absolute atomic E-state index is 2.50. The summed E-state index contributed by atoms with van der Waals surface area (Å²) in [6.45, 7) is 0. The molecule has 13 aromatic rings. The highest BCUT2D eigenvalue weighted by Gasteiger charge is 2.51. The monoisotopic (exact) mass is 874 g/mol. The number of rotatable bonds is 6. The van der Waals surface area contributed by atoms with Gasteiger partial charge in [-0.1, -0.05) is 200 Å². The van der Waals surface area contributed by atoms with Gasteiger partial charge in [0.05, 0.1) is 27.7 Å². The van der Waals surface area contributed by atoms with Crippen molar-refractivity contribution in [2.45, 2.75) is 5.41 Å². The molecule has 0 radical (unpaired) electrons. The Morgan fingerprint density at radius 2 is 0.768 bits per heavy atom. The molecular weight excluding hydrogens is 833 g/mol. The van der Waals surface area contributed by atoms with Crippen LogP contribution in [0.2, 0.25) is 0 Å². The molecule has 2 aliphatic rings. The van der Waals surface area contributed by atoms with E-state index in [1.165, 1.54) is 105 Å². The van der Waals surface area contributed by atoms with Gasteiger partial charge in [0.1, 0.15) is 0 Å². The molecule has 0 bridgehead atoms. The molecule has 0 amide bonds. The van der Waals surface area contributed by atoms with Crippen molar-refractivity contribution in [2.24, 2.45) is 0 Å². The van der Waals surface area contributed by atoms with Crippen molar-refractivity contribution in [1.29, 1.82) is 0 Å². The molecule has 0 fully saturated rings. The first-order valence-electron chi connectivity index (χ1n) is 24.0. The molecule has 69 heavy (non-hydrogen) atoms. The van der Waals surface area contributed by atoms with Crippen LogP contribution in [0, 0.1) is 0 Å². The van der Waals surface area contributed by atoms with E-state index in [1.54, 1.807) is 0 Å². The smallest absolute Gasteiger partial charge is 0.0726 e. The quantitative estimate of drug-likeness (QED) is 0.162. The lowest BCUT2D eigenvalue weighted by molar-refractivity contribution is 0.793. The Morgan fingerprint density at radius 1 is 0.275 bits per heavy atom. The minimum atomic E-state index is -0.456. The first-order valence-corrected chi connectivity index (χ1v) is 24.0. The van der Waals surface area contributed by atoms with Gasteiger partial charge in [-0.2, -0.15) is 0 Å². The zero-order chi connectivity index (χ0) is 45.2.